The zero-order chi connectivity index (χ0) is 19.3. The average molecular weight is 402 g/mol. The highest BCUT2D eigenvalue weighted by molar-refractivity contribution is 7.18. The van der Waals surface area contributed by atoms with Crippen LogP contribution in [0.25, 0.3) is 10.2 Å². The van der Waals surface area contributed by atoms with E-state index in [-0.39, 0.29) is 12.0 Å². The number of hydrogen-bond donors (Lipinski definition) is 0. The number of carbonyl (C=O) groups is 1. The third kappa shape index (κ3) is 4.34. The molecule has 4 rings (SSSR count). The number of amides is 1. The summed E-state index contributed by atoms with van der Waals surface area (Å²) >= 11 is 1.64. The molecule has 1 fully saturated rings. The zero-order valence-electron chi connectivity index (χ0n) is 15.7. The first kappa shape index (κ1) is 18.9. The van der Waals surface area contributed by atoms with E-state index in [1.807, 2.05) is 23.1 Å². The van der Waals surface area contributed by atoms with Crippen LogP contribution in [0.4, 0.5) is 0 Å². The molecule has 3 heterocycles. The molecule has 0 N–H and O–H groups in total. The maximum atomic E-state index is 12.7. The molecular formula is C18H22N6O3S. The van der Waals surface area contributed by atoms with Gasteiger partial charge in [-0.3, -0.25) is 4.79 Å². The molecule has 10 heteroatoms. The molecule has 1 aliphatic heterocycles. The van der Waals surface area contributed by atoms with Crippen LogP contribution in [0, 0.1) is 0 Å². The van der Waals surface area contributed by atoms with E-state index >= 15 is 0 Å². The van der Waals surface area contributed by atoms with Crippen LogP contribution in [0.5, 0.6) is 0 Å². The molecule has 1 amide bonds. The van der Waals surface area contributed by atoms with E-state index in [1.54, 1.807) is 18.4 Å². The first-order chi connectivity index (χ1) is 13.7. The van der Waals surface area contributed by atoms with E-state index in [0.717, 1.165) is 15.2 Å². The second kappa shape index (κ2) is 8.72. The SMILES string of the molecule is COCCn1nnc(C2CN(C(=O)CCc3nc4ccccc4s3)CCO2)n1. The number of benzene rings is 1. The van der Waals surface area contributed by atoms with Crippen molar-refractivity contribution in [2.75, 3.05) is 33.4 Å². The number of morpholine rings is 1. The maximum absolute atomic E-state index is 12.7. The first-order valence-corrected chi connectivity index (χ1v) is 10.0. The molecule has 0 bridgehead atoms. The Morgan fingerprint density at radius 3 is 3.14 bits per heavy atom. The third-order valence-corrected chi connectivity index (χ3v) is 5.66. The number of fused-ring (bicyclic) bond motifs is 1. The van der Waals surface area contributed by atoms with Gasteiger partial charge in [-0.2, -0.15) is 4.80 Å². The lowest BCUT2D eigenvalue weighted by Gasteiger charge is -2.31. The summed E-state index contributed by atoms with van der Waals surface area (Å²) in [5.74, 6) is 0.596. The lowest BCUT2D eigenvalue weighted by molar-refractivity contribution is -0.139. The van der Waals surface area contributed by atoms with Crippen LogP contribution in [-0.4, -0.2) is 69.4 Å². The van der Waals surface area contributed by atoms with Crippen molar-refractivity contribution in [3.05, 3.63) is 35.1 Å². The fraction of sp³-hybridized carbons (Fsp3) is 0.500. The van der Waals surface area contributed by atoms with E-state index in [0.29, 0.717) is 51.5 Å². The third-order valence-electron chi connectivity index (χ3n) is 4.56. The fourth-order valence-corrected chi connectivity index (χ4v) is 4.05. The molecule has 28 heavy (non-hydrogen) atoms. The Morgan fingerprint density at radius 2 is 2.29 bits per heavy atom. The number of para-hydroxylation sites is 1. The van der Waals surface area contributed by atoms with E-state index in [1.165, 1.54) is 4.80 Å². The molecule has 2 aromatic heterocycles. The number of aromatic nitrogens is 5. The van der Waals surface area contributed by atoms with Crippen molar-refractivity contribution in [1.29, 1.82) is 0 Å². The number of methoxy groups -OCH3 is 1. The molecule has 148 valence electrons. The molecule has 9 nitrogen and oxygen atoms in total. The van der Waals surface area contributed by atoms with Gasteiger partial charge in [-0.05, 0) is 17.3 Å². The van der Waals surface area contributed by atoms with Gasteiger partial charge in [0.15, 0.2) is 0 Å². The summed E-state index contributed by atoms with van der Waals surface area (Å²) in [6.45, 7) is 2.52. The van der Waals surface area contributed by atoms with Gasteiger partial charge in [-0.25, -0.2) is 4.98 Å². The molecule has 1 aromatic carbocycles. The highest BCUT2D eigenvalue weighted by Gasteiger charge is 2.28. The van der Waals surface area contributed by atoms with E-state index in [9.17, 15) is 4.79 Å². The summed E-state index contributed by atoms with van der Waals surface area (Å²) in [5.41, 5.74) is 0.990. The van der Waals surface area contributed by atoms with Crippen molar-refractivity contribution >= 4 is 27.5 Å². The summed E-state index contributed by atoms with van der Waals surface area (Å²) in [6.07, 6.45) is 0.725. The molecule has 0 saturated carbocycles. The van der Waals surface area contributed by atoms with Crippen molar-refractivity contribution in [2.24, 2.45) is 0 Å². The van der Waals surface area contributed by atoms with E-state index in [2.05, 4.69) is 26.5 Å². The Hall–Kier alpha value is -2.43. The summed E-state index contributed by atoms with van der Waals surface area (Å²) < 4.78 is 11.9. The molecule has 0 radical (unpaired) electrons. The predicted octanol–water partition coefficient (Wildman–Crippen LogP) is 1.46. The highest BCUT2D eigenvalue weighted by atomic mass is 32.1. The van der Waals surface area contributed by atoms with Gasteiger partial charge in [0, 0.05) is 26.5 Å². The van der Waals surface area contributed by atoms with Crippen molar-refractivity contribution in [1.82, 2.24) is 30.1 Å². The Bertz CT molecular complexity index is 909. The largest absolute Gasteiger partial charge is 0.383 e. The predicted molar refractivity (Wildman–Crippen MR) is 103 cm³/mol. The van der Waals surface area contributed by atoms with Gasteiger partial charge in [-0.15, -0.1) is 21.5 Å². The fourth-order valence-electron chi connectivity index (χ4n) is 3.08. The summed E-state index contributed by atoms with van der Waals surface area (Å²) in [6, 6.07) is 8.03. The number of ether oxygens (including phenoxy) is 2. The normalized spacial score (nSPS) is 17.3. The van der Waals surface area contributed by atoms with E-state index in [4.69, 9.17) is 9.47 Å². The number of hydrogen-bond acceptors (Lipinski definition) is 8. The molecule has 1 aliphatic rings. The van der Waals surface area contributed by atoms with Gasteiger partial charge >= 0.3 is 0 Å². The standard InChI is InChI=1S/C18H22N6O3S/c1-26-10-9-24-21-18(20-22-24)14-12-23(8-11-27-14)17(25)7-6-16-19-13-4-2-3-5-15(13)28-16/h2-5,14H,6-12H2,1H3. The second-order valence-corrected chi connectivity index (χ2v) is 7.63. The van der Waals surface area contributed by atoms with Gasteiger partial charge in [-0.1, -0.05) is 12.1 Å². The minimum Gasteiger partial charge on any atom is -0.383 e. The van der Waals surface area contributed by atoms with Crippen LogP contribution < -0.4 is 0 Å². The molecule has 1 atom stereocenters. The van der Waals surface area contributed by atoms with Crippen LogP contribution in [-0.2, 0) is 27.2 Å². The van der Waals surface area contributed by atoms with Crippen LogP contribution >= 0.6 is 11.3 Å². The first-order valence-electron chi connectivity index (χ1n) is 9.23. The molecular weight excluding hydrogens is 380 g/mol. The average Bonchev–Trinajstić information content (AvgIpc) is 3.37. The lowest BCUT2D eigenvalue weighted by atomic mass is 10.2. The summed E-state index contributed by atoms with van der Waals surface area (Å²) in [5, 5.41) is 13.4. The number of nitrogens with zero attached hydrogens (tertiary/aromatic N) is 6. The number of thiazole rings is 1. The minimum absolute atomic E-state index is 0.0966. The molecule has 0 aliphatic carbocycles. The van der Waals surface area contributed by atoms with Gasteiger partial charge in [0.25, 0.3) is 0 Å². The summed E-state index contributed by atoms with van der Waals surface area (Å²) in [7, 11) is 1.62. The number of aryl methyl sites for hydroxylation is 1. The van der Waals surface area contributed by atoms with Crippen molar-refractivity contribution < 1.29 is 14.3 Å². The number of rotatable bonds is 7. The van der Waals surface area contributed by atoms with Gasteiger partial charge in [0.05, 0.1) is 41.5 Å². The van der Waals surface area contributed by atoms with Crippen LogP contribution in [0.3, 0.4) is 0 Å². The number of carbonyl (C=O) groups excluding carboxylic acids is 1. The molecule has 3 aromatic rings. The van der Waals surface area contributed by atoms with Gasteiger partial charge < -0.3 is 14.4 Å². The zero-order valence-corrected chi connectivity index (χ0v) is 16.5. The topological polar surface area (TPSA) is 95.3 Å². The van der Waals surface area contributed by atoms with Crippen molar-refractivity contribution in [3.63, 3.8) is 0 Å². The van der Waals surface area contributed by atoms with Crippen LogP contribution in [0.1, 0.15) is 23.4 Å². The van der Waals surface area contributed by atoms with Crippen molar-refractivity contribution in [2.45, 2.75) is 25.5 Å². The smallest absolute Gasteiger partial charge is 0.223 e. The van der Waals surface area contributed by atoms with E-state index < -0.39 is 0 Å². The monoisotopic (exact) mass is 402 g/mol. The van der Waals surface area contributed by atoms with Crippen LogP contribution in [0.2, 0.25) is 0 Å². The Balaban J connectivity index is 1.33. The quantitative estimate of drug-likeness (QED) is 0.590. The molecule has 1 unspecified atom stereocenters. The minimum atomic E-state index is -0.351. The Morgan fingerprint density at radius 1 is 1.39 bits per heavy atom. The van der Waals surface area contributed by atoms with Gasteiger partial charge in [0.2, 0.25) is 11.7 Å². The highest BCUT2D eigenvalue weighted by Crippen LogP contribution is 2.23. The Labute approximate surface area is 166 Å². The summed E-state index contributed by atoms with van der Waals surface area (Å²) in [4.78, 5) is 20.6. The Kier molecular flexibility index (Phi) is 5.89. The van der Waals surface area contributed by atoms with Crippen molar-refractivity contribution in [3.8, 4) is 0 Å². The van der Waals surface area contributed by atoms with Crippen LogP contribution in [0.15, 0.2) is 24.3 Å². The lowest BCUT2D eigenvalue weighted by Crippen LogP contribution is -2.42. The van der Waals surface area contributed by atoms with Gasteiger partial charge in [0.1, 0.15) is 6.10 Å². The maximum Gasteiger partial charge on any atom is 0.223 e. The number of tetrazole rings is 1. The molecule has 1 saturated heterocycles. The second-order valence-electron chi connectivity index (χ2n) is 6.51. The molecule has 0 spiro atoms.